The molecule has 29 heavy (non-hydrogen) atoms. The van der Waals surface area contributed by atoms with Crippen molar-refractivity contribution in [2.75, 3.05) is 18.4 Å². The second-order valence-electron chi connectivity index (χ2n) is 8.21. The van der Waals surface area contributed by atoms with Crippen LogP contribution >= 0.6 is 11.3 Å². The molecule has 1 saturated heterocycles. The van der Waals surface area contributed by atoms with Crippen molar-refractivity contribution < 1.29 is 9.59 Å². The summed E-state index contributed by atoms with van der Waals surface area (Å²) >= 11 is 1.82. The zero-order valence-electron chi connectivity index (χ0n) is 16.4. The predicted molar refractivity (Wildman–Crippen MR) is 115 cm³/mol. The molecular formula is C23H23N3O2S. The van der Waals surface area contributed by atoms with Gasteiger partial charge in [0.05, 0.1) is 0 Å². The minimum atomic E-state index is 0.00877. The number of fused-ring (bicyclic) bond motifs is 2. The number of aromatic nitrogens is 1. The van der Waals surface area contributed by atoms with Gasteiger partial charge in [-0.3, -0.25) is 9.59 Å². The first-order valence-electron chi connectivity index (χ1n) is 10.1. The van der Waals surface area contributed by atoms with Crippen molar-refractivity contribution in [1.29, 1.82) is 0 Å². The molecule has 2 unspecified atom stereocenters. The second kappa shape index (κ2) is 7.26. The van der Waals surface area contributed by atoms with Gasteiger partial charge in [0.25, 0.3) is 0 Å². The number of anilines is 1. The van der Waals surface area contributed by atoms with Gasteiger partial charge >= 0.3 is 0 Å². The number of nitrogens with one attached hydrogen (secondary N) is 1. The van der Waals surface area contributed by atoms with Crippen molar-refractivity contribution >= 4 is 40.6 Å². The van der Waals surface area contributed by atoms with Gasteiger partial charge in [0.15, 0.2) is 0 Å². The van der Waals surface area contributed by atoms with Gasteiger partial charge in [-0.25, -0.2) is 4.98 Å². The first-order valence-corrected chi connectivity index (χ1v) is 10.9. The maximum absolute atomic E-state index is 12.7. The number of likely N-dealkylation sites (tertiary alicyclic amines) is 1. The van der Waals surface area contributed by atoms with Crippen molar-refractivity contribution in [3.8, 4) is 0 Å². The highest BCUT2D eigenvalue weighted by Gasteiger charge is 2.38. The van der Waals surface area contributed by atoms with Gasteiger partial charge in [0.1, 0.15) is 5.82 Å². The summed E-state index contributed by atoms with van der Waals surface area (Å²) in [5, 5.41) is 4.98. The molecule has 5 rings (SSSR count). The summed E-state index contributed by atoms with van der Waals surface area (Å²) < 4.78 is 0. The third-order valence-corrected chi connectivity index (χ3v) is 7.16. The Hall–Kier alpha value is -2.73. The zero-order chi connectivity index (χ0) is 20.0. The van der Waals surface area contributed by atoms with Gasteiger partial charge in [-0.2, -0.15) is 0 Å². The van der Waals surface area contributed by atoms with Crippen molar-refractivity contribution in [2.24, 2.45) is 11.8 Å². The van der Waals surface area contributed by atoms with Crippen molar-refractivity contribution in [3.05, 3.63) is 57.4 Å². The zero-order valence-corrected chi connectivity index (χ0v) is 17.2. The molecule has 0 spiro atoms. The number of amides is 2. The smallest absolute Gasteiger partial charge is 0.246 e. The van der Waals surface area contributed by atoms with Crippen LogP contribution in [0.3, 0.4) is 0 Å². The van der Waals surface area contributed by atoms with E-state index in [0.717, 1.165) is 30.6 Å². The molecule has 0 radical (unpaired) electrons. The summed E-state index contributed by atoms with van der Waals surface area (Å²) in [7, 11) is 0. The Morgan fingerprint density at radius 1 is 1.31 bits per heavy atom. The number of aryl methyl sites for hydroxylation is 2. The number of pyridine rings is 1. The molecule has 2 amide bonds. The Bertz CT molecular complexity index is 1050. The number of nitrogens with zero attached hydrogens (tertiary/aromatic N) is 2. The van der Waals surface area contributed by atoms with Gasteiger partial charge in [0, 0.05) is 36.7 Å². The highest BCUT2D eigenvalue weighted by atomic mass is 32.1. The summed E-state index contributed by atoms with van der Waals surface area (Å²) in [4.78, 5) is 31.8. The average Bonchev–Trinajstić information content (AvgIpc) is 3.40. The Kier molecular flexibility index (Phi) is 4.59. The number of hydrogen-bond donors (Lipinski definition) is 1. The van der Waals surface area contributed by atoms with Crippen LogP contribution in [-0.4, -0.2) is 34.8 Å². The van der Waals surface area contributed by atoms with E-state index in [1.165, 1.54) is 16.0 Å². The highest BCUT2D eigenvalue weighted by Crippen LogP contribution is 2.42. The number of carbonyl (C=O) groups excluding carboxylic acids is 2. The van der Waals surface area contributed by atoms with E-state index in [9.17, 15) is 9.59 Å². The molecule has 2 aromatic heterocycles. The largest absolute Gasteiger partial charge is 0.338 e. The number of carbonyl (C=O) groups is 2. The van der Waals surface area contributed by atoms with Crippen LogP contribution in [0, 0.1) is 18.8 Å². The predicted octanol–water partition coefficient (Wildman–Crippen LogP) is 3.91. The van der Waals surface area contributed by atoms with Gasteiger partial charge in [-0.05, 0) is 77.5 Å². The van der Waals surface area contributed by atoms with Crippen LogP contribution in [0.25, 0.3) is 11.6 Å². The molecule has 1 aliphatic carbocycles. The first-order chi connectivity index (χ1) is 14.0. The summed E-state index contributed by atoms with van der Waals surface area (Å²) in [6.07, 6.45) is 9.81. The van der Waals surface area contributed by atoms with Crippen molar-refractivity contribution in [1.82, 2.24) is 9.88 Å². The Balaban J connectivity index is 1.23. The molecule has 1 N–H and O–H groups in total. The lowest BCUT2D eigenvalue weighted by Gasteiger charge is -2.16. The molecule has 2 aromatic rings. The topological polar surface area (TPSA) is 62.3 Å². The molecule has 0 aromatic carbocycles. The van der Waals surface area contributed by atoms with Crippen LogP contribution in [0.4, 0.5) is 5.82 Å². The number of thiophene rings is 1. The third-order valence-electron chi connectivity index (χ3n) is 6.03. The standard InChI is InChI=1S/C23H23N3O2S/c1-14-6-20(29-13-14)17-8-18-11-26(12-19(18)9-17)22(28)5-2-15-7-16-3-4-21(27)25-23(16)24-10-15/h2,5-8,10,13,18-19H,3-4,9,11-12H2,1H3,(H,24,25,27)/b5-2+. The Morgan fingerprint density at radius 3 is 3.00 bits per heavy atom. The maximum atomic E-state index is 12.7. The quantitative estimate of drug-likeness (QED) is 0.788. The lowest BCUT2D eigenvalue weighted by Crippen LogP contribution is -2.27. The van der Waals surface area contributed by atoms with Crippen molar-refractivity contribution in [2.45, 2.75) is 26.2 Å². The fraction of sp³-hybridized carbons (Fsp3) is 0.348. The van der Waals surface area contributed by atoms with E-state index >= 15 is 0 Å². The fourth-order valence-corrected chi connectivity index (χ4v) is 5.45. The van der Waals surface area contributed by atoms with Gasteiger partial charge in [-0.15, -0.1) is 11.3 Å². The molecule has 1 fully saturated rings. The van der Waals surface area contributed by atoms with Gasteiger partial charge in [0.2, 0.25) is 11.8 Å². The van der Waals surface area contributed by atoms with E-state index < -0.39 is 0 Å². The summed E-state index contributed by atoms with van der Waals surface area (Å²) in [5.74, 6) is 1.72. The second-order valence-corrected chi connectivity index (χ2v) is 9.12. The minimum absolute atomic E-state index is 0.00877. The monoisotopic (exact) mass is 405 g/mol. The van der Waals surface area contributed by atoms with Gasteiger partial charge in [-0.1, -0.05) is 6.08 Å². The summed E-state index contributed by atoms with van der Waals surface area (Å²) in [6, 6.07) is 4.27. The maximum Gasteiger partial charge on any atom is 0.246 e. The van der Waals surface area contributed by atoms with E-state index in [0.29, 0.717) is 30.5 Å². The van der Waals surface area contributed by atoms with E-state index in [2.05, 4.69) is 34.7 Å². The number of rotatable bonds is 3. The molecule has 3 aliphatic rings. The average molecular weight is 406 g/mol. The molecule has 0 saturated carbocycles. The molecule has 2 atom stereocenters. The molecule has 2 aliphatic heterocycles. The summed E-state index contributed by atoms with van der Waals surface area (Å²) in [6.45, 7) is 3.76. The highest BCUT2D eigenvalue weighted by molar-refractivity contribution is 7.11. The van der Waals surface area contributed by atoms with E-state index in [1.807, 2.05) is 28.4 Å². The summed E-state index contributed by atoms with van der Waals surface area (Å²) in [5.41, 5.74) is 4.69. The van der Waals surface area contributed by atoms with Crippen LogP contribution in [-0.2, 0) is 16.0 Å². The lowest BCUT2D eigenvalue weighted by molar-refractivity contribution is -0.125. The van der Waals surface area contributed by atoms with Crippen LogP contribution in [0.15, 0.2) is 35.9 Å². The first kappa shape index (κ1) is 18.3. The van der Waals surface area contributed by atoms with Gasteiger partial charge < -0.3 is 10.2 Å². The molecule has 4 heterocycles. The van der Waals surface area contributed by atoms with E-state index in [4.69, 9.17) is 0 Å². The van der Waals surface area contributed by atoms with E-state index in [1.54, 1.807) is 12.3 Å². The SMILES string of the molecule is Cc1csc(C2=CC3CN(C(=O)/C=C/c4cnc5c(c4)CCC(=O)N5)CC3C2)c1. The Morgan fingerprint density at radius 2 is 2.21 bits per heavy atom. The third kappa shape index (κ3) is 3.65. The lowest BCUT2D eigenvalue weighted by atomic mass is 10.00. The molecule has 148 valence electrons. The molecule has 6 heteroatoms. The minimum Gasteiger partial charge on any atom is -0.338 e. The van der Waals surface area contributed by atoms with Crippen LogP contribution in [0.1, 0.15) is 34.4 Å². The van der Waals surface area contributed by atoms with E-state index in [-0.39, 0.29) is 11.8 Å². The van der Waals surface area contributed by atoms with Crippen LogP contribution in [0.2, 0.25) is 0 Å². The normalized spacial score (nSPS) is 23.1. The number of allylic oxidation sites excluding steroid dienone is 1. The van der Waals surface area contributed by atoms with Crippen LogP contribution < -0.4 is 5.32 Å². The molecular weight excluding hydrogens is 382 g/mol. The Labute approximate surface area is 174 Å². The molecule has 5 nitrogen and oxygen atoms in total. The number of hydrogen-bond acceptors (Lipinski definition) is 4. The van der Waals surface area contributed by atoms with Crippen molar-refractivity contribution in [3.63, 3.8) is 0 Å². The fourth-order valence-electron chi connectivity index (χ4n) is 4.51. The van der Waals surface area contributed by atoms with Crippen LogP contribution in [0.5, 0.6) is 0 Å². The molecule has 0 bridgehead atoms.